The van der Waals surface area contributed by atoms with Gasteiger partial charge < -0.3 is 41.7 Å². The molecule has 0 aliphatic heterocycles. The van der Waals surface area contributed by atoms with Crippen LogP contribution in [0.5, 0.6) is 0 Å². The van der Waals surface area contributed by atoms with E-state index in [1.54, 1.807) is 0 Å². The molecule has 0 spiro atoms. The molecule has 140 valence electrons. The molecule has 0 fully saturated rings. The molecule has 0 unspecified atom stereocenters. The highest BCUT2D eigenvalue weighted by molar-refractivity contribution is 5.70. The zero-order valence-electron chi connectivity index (χ0n) is 13.1. The Labute approximate surface area is 138 Å². The minimum absolute atomic E-state index is 0.102. The summed E-state index contributed by atoms with van der Waals surface area (Å²) in [6, 6.07) is 0. The van der Waals surface area contributed by atoms with Gasteiger partial charge in [-0.15, -0.1) is 0 Å². The second-order valence-electron chi connectivity index (χ2n) is 4.28. The van der Waals surface area contributed by atoms with Gasteiger partial charge in [-0.2, -0.15) is 0 Å². The van der Waals surface area contributed by atoms with Crippen molar-refractivity contribution in [1.82, 2.24) is 21.3 Å². The van der Waals surface area contributed by atoms with Crippen molar-refractivity contribution >= 4 is 23.9 Å². The largest absolute Gasteiger partial charge is 0.480 e. The van der Waals surface area contributed by atoms with Crippen molar-refractivity contribution in [3.05, 3.63) is 0 Å². The van der Waals surface area contributed by atoms with Crippen molar-refractivity contribution in [2.75, 3.05) is 52.4 Å². The van der Waals surface area contributed by atoms with E-state index < -0.39 is 23.9 Å². The molecule has 8 N–H and O–H groups in total. The van der Waals surface area contributed by atoms with Gasteiger partial charge in [0, 0.05) is 26.2 Å². The molecule has 12 nitrogen and oxygen atoms in total. The fourth-order valence-corrected chi connectivity index (χ4v) is 1.13. The van der Waals surface area contributed by atoms with Crippen molar-refractivity contribution in [2.24, 2.45) is 0 Å². The summed E-state index contributed by atoms with van der Waals surface area (Å²) in [7, 11) is 0. The van der Waals surface area contributed by atoms with Crippen LogP contribution in [0.3, 0.4) is 0 Å². The van der Waals surface area contributed by atoms with E-state index in [-0.39, 0.29) is 26.2 Å². The van der Waals surface area contributed by atoms with Crippen LogP contribution in [-0.2, 0) is 19.2 Å². The van der Waals surface area contributed by atoms with Crippen LogP contribution in [-0.4, -0.2) is 96.7 Å². The summed E-state index contributed by atoms with van der Waals surface area (Å²) in [5.74, 6) is -3.69. The lowest BCUT2D eigenvalue weighted by molar-refractivity contribution is -0.137. The van der Waals surface area contributed by atoms with Crippen LogP contribution < -0.4 is 21.3 Å². The van der Waals surface area contributed by atoms with Gasteiger partial charge in [0.25, 0.3) is 0 Å². The molecule has 0 heterocycles. The first kappa shape index (κ1) is 24.0. The molecule has 0 bridgehead atoms. The highest BCUT2D eigenvalue weighted by Crippen LogP contribution is 1.64. The second kappa shape index (κ2) is 17.1. The van der Waals surface area contributed by atoms with Crippen LogP contribution in [0.2, 0.25) is 0 Å². The fraction of sp³-hybridized carbons (Fsp3) is 0.667. The third kappa shape index (κ3) is 28.0. The van der Waals surface area contributed by atoms with Crippen molar-refractivity contribution in [3.63, 3.8) is 0 Å². The van der Waals surface area contributed by atoms with Crippen LogP contribution in [0.4, 0.5) is 0 Å². The summed E-state index contributed by atoms with van der Waals surface area (Å²) < 4.78 is 0. The molecule has 0 aliphatic rings. The lowest BCUT2D eigenvalue weighted by Crippen LogP contribution is -2.33. The van der Waals surface area contributed by atoms with Crippen LogP contribution in [0, 0.1) is 0 Å². The molecule has 0 aromatic carbocycles. The van der Waals surface area contributed by atoms with E-state index in [9.17, 15) is 19.2 Å². The maximum atomic E-state index is 9.96. The van der Waals surface area contributed by atoms with Crippen molar-refractivity contribution in [3.8, 4) is 0 Å². The Morgan fingerprint density at radius 3 is 0.750 bits per heavy atom. The Hall–Kier alpha value is -2.28. The van der Waals surface area contributed by atoms with Crippen LogP contribution in [0.1, 0.15) is 0 Å². The first-order chi connectivity index (χ1) is 11.3. The van der Waals surface area contributed by atoms with Gasteiger partial charge in [0.1, 0.15) is 0 Å². The van der Waals surface area contributed by atoms with E-state index in [2.05, 4.69) is 21.3 Å². The Kier molecular flexibility index (Phi) is 17.1. The first-order valence-electron chi connectivity index (χ1n) is 6.95. The topological polar surface area (TPSA) is 197 Å². The molecule has 24 heavy (non-hydrogen) atoms. The van der Waals surface area contributed by atoms with E-state index in [4.69, 9.17) is 20.4 Å². The predicted octanol–water partition coefficient (Wildman–Crippen LogP) is -3.33. The highest BCUT2D eigenvalue weighted by atomic mass is 16.4. The van der Waals surface area contributed by atoms with Gasteiger partial charge in [0.05, 0.1) is 26.2 Å². The Morgan fingerprint density at radius 2 is 0.625 bits per heavy atom. The molecule has 0 saturated carbocycles. The van der Waals surface area contributed by atoms with Gasteiger partial charge in [-0.3, -0.25) is 19.2 Å². The zero-order chi connectivity index (χ0) is 18.8. The lowest BCUT2D eigenvalue weighted by Gasteiger charge is -2.01. The quantitative estimate of drug-likeness (QED) is 0.145. The molecule has 0 atom stereocenters. The van der Waals surface area contributed by atoms with Gasteiger partial charge >= 0.3 is 23.9 Å². The number of carboxylic acids is 4. The summed E-state index contributed by atoms with van der Waals surface area (Å²) in [6.07, 6.45) is 0. The summed E-state index contributed by atoms with van der Waals surface area (Å²) in [4.78, 5) is 39.9. The van der Waals surface area contributed by atoms with Gasteiger partial charge in [-0.1, -0.05) is 0 Å². The maximum absolute atomic E-state index is 9.96. The number of carbonyl (C=O) groups is 4. The van der Waals surface area contributed by atoms with Crippen molar-refractivity contribution in [2.45, 2.75) is 0 Å². The van der Waals surface area contributed by atoms with Gasteiger partial charge in [0.15, 0.2) is 0 Å². The van der Waals surface area contributed by atoms with E-state index in [1.807, 2.05) is 0 Å². The molecule has 0 saturated heterocycles. The van der Waals surface area contributed by atoms with Gasteiger partial charge in [0.2, 0.25) is 0 Å². The average Bonchev–Trinajstić information content (AvgIpc) is 2.46. The molecule has 0 rings (SSSR count). The summed E-state index contributed by atoms with van der Waals surface area (Å²) >= 11 is 0. The van der Waals surface area contributed by atoms with Crippen LogP contribution in [0.25, 0.3) is 0 Å². The number of hydrogen-bond donors (Lipinski definition) is 8. The zero-order valence-corrected chi connectivity index (χ0v) is 13.1. The molecular weight excluding hydrogens is 328 g/mol. The molecule has 12 heteroatoms. The highest BCUT2D eigenvalue weighted by Gasteiger charge is 1.96. The third-order valence-corrected chi connectivity index (χ3v) is 2.06. The maximum Gasteiger partial charge on any atom is 0.317 e. The smallest absolute Gasteiger partial charge is 0.317 e. The summed E-state index contributed by atoms with van der Waals surface area (Å²) in [5, 5.41) is 43.1. The molecule has 0 aromatic rings. The minimum atomic E-state index is -0.923. The third-order valence-electron chi connectivity index (χ3n) is 2.06. The second-order valence-corrected chi connectivity index (χ2v) is 4.28. The SMILES string of the molecule is O=C(O)CNCCNCC(=O)O.O=C(O)CNCCNCC(=O)O. The number of aliphatic carboxylic acids is 4. The standard InChI is InChI=1S/2C6H12N2O4/c2*9-5(10)3-7-1-2-8-4-6(11)12/h2*7-8H,1-4H2,(H,9,10)(H,11,12). The van der Waals surface area contributed by atoms with Gasteiger partial charge in [-0.05, 0) is 0 Å². The van der Waals surface area contributed by atoms with Crippen molar-refractivity contribution in [1.29, 1.82) is 0 Å². The summed E-state index contributed by atoms with van der Waals surface area (Å²) in [6.45, 7) is 1.37. The Balaban J connectivity index is 0. The summed E-state index contributed by atoms with van der Waals surface area (Å²) in [5.41, 5.74) is 0. The van der Waals surface area contributed by atoms with Crippen LogP contribution in [0.15, 0.2) is 0 Å². The molecular formula is C12H24N4O8. The Morgan fingerprint density at radius 1 is 0.458 bits per heavy atom. The first-order valence-corrected chi connectivity index (χ1v) is 6.95. The van der Waals surface area contributed by atoms with E-state index >= 15 is 0 Å². The number of carboxylic acid groups (broad SMARTS) is 4. The lowest BCUT2D eigenvalue weighted by atomic mass is 10.5. The van der Waals surface area contributed by atoms with Crippen LogP contribution >= 0.6 is 0 Å². The fourth-order valence-electron chi connectivity index (χ4n) is 1.13. The number of rotatable bonds is 14. The predicted molar refractivity (Wildman–Crippen MR) is 82.0 cm³/mol. The van der Waals surface area contributed by atoms with Crippen molar-refractivity contribution < 1.29 is 39.6 Å². The van der Waals surface area contributed by atoms with Gasteiger partial charge in [-0.25, -0.2) is 0 Å². The molecule has 0 aromatic heterocycles. The van der Waals surface area contributed by atoms with E-state index in [0.717, 1.165) is 0 Å². The Bertz CT molecular complexity index is 319. The normalized spacial score (nSPS) is 9.67. The number of hydrogen-bond acceptors (Lipinski definition) is 8. The molecule has 0 aliphatic carbocycles. The van der Waals surface area contributed by atoms with E-state index in [0.29, 0.717) is 26.2 Å². The number of nitrogens with one attached hydrogen (secondary N) is 4. The average molecular weight is 352 g/mol. The monoisotopic (exact) mass is 352 g/mol. The molecule has 0 radical (unpaired) electrons. The molecule has 0 amide bonds. The van der Waals surface area contributed by atoms with E-state index in [1.165, 1.54) is 0 Å². The minimum Gasteiger partial charge on any atom is -0.480 e.